The lowest BCUT2D eigenvalue weighted by atomic mass is 10.1. The lowest BCUT2D eigenvalue weighted by molar-refractivity contribution is 0.582. The van der Waals surface area contributed by atoms with Gasteiger partial charge in [-0.3, -0.25) is 0 Å². The Morgan fingerprint density at radius 2 is 1.50 bits per heavy atom. The minimum absolute atomic E-state index is 1.00. The fraction of sp³-hybridized carbons (Fsp3) is 0.250. The number of para-hydroxylation sites is 1. The van der Waals surface area contributed by atoms with E-state index in [4.69, 9.17) is 5.10 Å². The quantitative estimate of drug-likeness (QED) is 0.805. The number of nitrogens with zero attached hydrogens (tertiary/aromatic N) is 3. The molecule has 2 aromatic carbocycles. The highest BCUT2D eigenvalue weighted by molar-refractivity contribution is 5.72. The summed E-state index contributed by atoms with van der Waals surface area (Å²) in [5, 5.41) is 8.41. The van der Waals surface area contributed by atoms with E-state index in [9.17, 15) is 0 Å². The molecule has 4 heteroatoms. The van der Waals surface area contributed by atoms with Gasteiger partial charge in [0.05, 0.1) is 11.4 Å². The van der Waals surface area contributed by atoms with Crippen LogP contribution in [0.25, 0.3) is 16.9 Å². The second kappa shape index (κ2) is 6.49. The summed E-state index contributed by atoms with van der Waals surface area (Å²) in [4.78, 5) is 2.39. The lowest BCUT2D eigenvalue weighted by Gasteiger charge is -2.27. The number of hydrogen-bond donors (Lipinski definition) is 1. The van der Waals surface area contributed by atoms with Gasteiger partial charge in [0.2, 0.25) is 0 Å². The van der Waals surface area contributed by atoms with Crippen LogP contribution in [0.4, 0.5) is 5.82 Å². The molecule has 1 aliphatic rings. The highest BCUT2D eigenvalue weighted by Crippen LogP contribution is 2.32. The minimum atomic E-state index is 1.00. The van der Waals surface area contributed by atoms with Crippen LogP contribution in [-0.2, 0) is 0 Å². The van der Waals surface area contributed by atoms with Gasteiger partial charge in [0.15, 0.2) is 5.82 Å². The Labute approximate surface area is 142 Å². The molecule has 24 heavy (non-hydrogen) atoms. The van der Waals surface area contributed by atoms with Gasteiger partial charge in [-0.05, 0) is 19.1 Å². The van der Waals surface area contributed by atoms with E-state index in [1.807, 2.05) is 6.07 Å². The number of hydrogen-bond acceptors (Lipinski definition) is 3. The van der Waals surface area contributed by atoms with E-state index in [0.717, 1.165) is 37.7 Å². The van der Waals surface area contributed by atoms with Crippen LogP contribution in [0.3, 0.4) is 0 Å². The fourth-order valence-electron chi connectivity index (χ4n) is 3.35. The standard InChI is InChI=1S/C20H22N4/c1-16-19(17-8-4-2-5-9-17)24(18-10-6-3-7-11-18)22-20(16)23-14-12-21-13-15-23/h2-11,21H,12-15H2,1H3. The van der Waals surface area contributed by atoms with Crippen molar-refractivity contribution in [3.8, 4) is 16.9 Å². The first-order valence-corrected chi connectivity index (χ1v) is 8.51. The summed E-state index contributed by atoms with van der Waals surface area (Å²) >= 11 is 0. The van der Waals surface area contributed by atoms with E-state index in [2.05, 4.69) is 76.4 Å². The van der Waals surface area contributed by atoms with Crippen molar-refractivity contribution in [1.82, 2.24) is 15.1 Å². The van der Waals surface area contributed by atoms with E-state index in [1.54, 1.807) is 0 Å². The van der Waals surface area contributed by atoms with Gasteiger partial charge in [0.1, 0.15) is 0 Å². The van der Waals surface area contributed by atoms with Crippen molar-refractivity contribution in [3.63, 3.8) is 0 Å². The molecule has 0 radical (unpaired) electrons. The van der Waals surface area contributed by atoms with Crippen LogP contribution in [0.5, 0.6) is 0 Å². The molecule has 0 spiro atoms. The van der Waals surface area contributed by atoms with Gasteiger partial charge in [-0.2, -0.15) is 0 Å². The Morgan fingerprint density at radius 1 is 0.875 bits per heavy atom. The number of benzene rings is 2. The molecule has 1 saturated heterocycles. The third kappa shape index (κ3) is 2.69. The van der Waals surface area contributed by atoms with Crippen LogP contribution in [0.2, 0.25) is 0 Å². The zero-order chi connectivity index (χ0) is 16.4. The number of anilines is 1. The summed E-state index contributed by atoms with van der Waals surface area (Å²) in [6, 6.07) is 20.9. The summed E-state index contributed by atoms with van der Waals surface area (Å²) in [7, 11) is 0. The molecule has 4 nitrogen and oxygen atoms in total. The van der Waals surface area contributed by atoms with Crippen LogP contribution in [0, 0.1) is 6.92 Å². The highest BCUT2D eigenvalue weighted by atomic mass is 15.4. The van der Waals surface area contributed by atoms with Gasteiger partial charge in [-0.25, -0.2) is 4.68 Å². The van der Waals surface area contributed by atoms with E-state index < -0.39 is 0 Å². The summed E-state index contributed by atoms with van der Waals surface area (Å²) in [6.45, 7) is 6.21. The van der Waals surface area contributed by atoms with Crippen molar-refractivity contribution in [3.05, 3.63) is 66.2 Å². The molecule has 1 aromatic heterocycles. The number of piperazine rings is 1. The van der Waals surface area contributed by atoms with Crippen LogP contribution in [0.15, 0.2) is 60.7 Å². The third-order valence-electron chi connectivity index (χ3n) is 4.56. The third-order valence-corrected chi connectivity index (χ3v) is 4.56. The Hall–Kier alpha value is -2.59. The average molecular weight is 318 g/mol. The van der Waals surface area contributed by atoms with E-state index in [0.29, 0.717) is 0 Å². The molecule has 3 aromatic rings. The van der Waals surface area contributed by atoms with Gasteiger partial charge in [-0.15, -0.1) is 5.10 Å². The second-order valence-electron chi connectivity index (χ2n) is 6.15. The summed E-state index contributed by atoms with van der Waals surface area (Å²) in [5.41, 5.74) is 4.72. The molecule has 0 unspecified atom stereocenters. The summed E-state index contributed by atoms with van der Waals surface area (Å²) in [6.07, 6.45) is 0. The predicted molar refractivity (Wildman–Crippen MR) is 98.8 cm³/mol. The monoisotopic (exact) mass is 318 g/mol. The maximum atomic E-state index is 4.99. The largest absolute Gasteiger partial charge is 0.352 e. The minimum Gasteiger partial charge on any atom is -0.352 e. The maximum Gasteiger partial charge on any atom is 0.154 e. The molecule has 4 rings (SSSR count). The van der Waals surface area contributed by atoms with Gasteiger partial charge >= 0.3 is 0 Å². The van der Waals surface area contributed by atoms with Gasteiger partial charge in [0.25, 0.3) is 0 Å². The Morgan fingerprint density at radius 3 is 2.17 bits per heavy atom. The van der Waals surface area contributed by atoms with Crippen molar-refractivity contribution in [2.24, 2.45) is 0 Å². The van der Waals surface area contributed by atoms with Crippen LogP contribution in [-0.4, -0.2) is 36.0 Å². The number of rotatable bonds is 3. The number of nitrogens with one attached hydrogen (secondary N) is 1. The highest BCUT2D eigenvalue weighted by Gasteiger charge is 2.22. The molecule has 0 saturated carbocycles. The molecule has 0 bridgehead atoms. The Bertz CT molecular complexity index is 802. The van der Waals surface area contributed by atoms with Crippen molar-refractivity contribution in [2.75, 3.05) is 31.1 Å². The molecule has 0 atom stereocenters. The van der Waals surface area contributed by atoms with Crippen LogP contribution in [0.1, 0.15) is 5.56 Å². The van der Waals surface area contributed by atoms with Crippen molar-refractivity contribution < 1.29 is 0 Å². The van der Waals surface area contributed by atoms with Gasteiger partial charge in [0, 0.05) is 37.3 Å². The smallest absolute Gasteiger partial charge is 0.154 e. The maximum absolute atomic E-state index is 4.99. The molecule has 1 fully saturated rings. The molecule has 1 aliphatic heterocycles. The van der Waals surface area contributed by atoms with Crippen molar-refractivity contribution in [2.45, 2.75) is 6.92 Å². The summed E-state index contributed by atoms with van der Waals surface area (Å²) in [5.74, 6) is 1.10. The molecule has 122 valence electrons. The molecular weight excluding hydrogens is 296 g/mol. The Kier molecular flexibility index (Phi) is 4.05. The van der Waals surface area contributed by atoms with E-state index >= 15 is 0 Å². The zero-order valence-corrected chi connectivity index (χ0v) is 13.9. The number of aromatic nitrogens is 2. The first-order valence-electron chi connectivity index (χ1n) is 8.51. The normalized spacial score (nSPS) is 14.8. The van der Waals surface area contributed by atoms with Crippen molar-refractivity contribution in [1.29, 1.82) is 0 Å². The molecule has 1 N–H and O–H groups in total. The molecule has 2 heterocycles. The van der Waals surface area contributed by atoms with Crippen LogP contribution < -0.4 is 10.2 Å². The van der Waals surface area contributed by atoms with Gasteiger partial charge < -0.3 is 10.2 Å². The molecular formula is C20H22N4. The topological polar surface area (TPSA) is 33.1 Å². The van der Waals surface area contributed by atoms with Gasteiger partial charge in [-0.1, -0.05) is 48.5 Å². The predicted octanol–water partition coefficient (Wildman–Crippen LogP) is 3.26. The lowest BCUT2D eigenvalue weighted by Crippen LogP contribution is -2.44. The average Bonchev–Trinajstić information content (AvgIpc) is 3.01. The van der Waals surface area contributed by atoms with Crippen LogP contribution >= 0.6 is 0 Å². The molecule has 0 aliphatic carbocycles. The van der Waals surface area contributed by atoms with E-state index in [-0.39, 0.29) is 0 Å². The molecule has 0 amide bonds. The Balaban J connectivity index is 1.88. The fourth-order valence-corrected chi connectivity index (χ4v) is 3.35. The van der Waals surface area contributed by atoms with E-state index in [1.165, 1.54) is 16.8 Å². The van der Waals surface area contributed by atoms with Crippen molar-refractivity contribution >= 4 is 5.82 Å². The SMILES string of the molecule is Cc1c(N2CCNCC2)nn(-c2ccccc2)c1-c1ccccc1. The summed E-state index contributed by atoms with van der Waals surface area (Å²) < 4.78 is 2.09. The first-order chi connectivity index (χ1) is 11.8. The second-order valence-corrected chi connectivity index (χ2v) is 6.15. The first kappa shape index (κ1) is 15.0. The zero-order valence-electron chi connectivity index (χ0n) is 13.9.